The van der Waals surface area contributed by atoms with E-state index in [1.807, 2.05) is 54.6 Å². The van der Waals surface area contributed by atoms with Crippen LogP contribution in [0.2, 0.25) is 0 Å². The Bertz CT molecular complexity index is 799. The van der Waals surface area contributed by atoms with Crippen LogP contribution in [0.25, 0.3) is 5.69 Å². The SMILES string of the molecule is COCc1cccc(NC(=O)c2cnn(-c3ccccc3)n2)c1. The predicted octanol–water partition coefficient (Wildman–Crippen LogP) is 2.67. The van der Waals surface area contributed by atoms with Gasteiger partial charge in [-0.25, -0.2) is 0 Å². The van der Waals surface area contributed by atoms with E-state index >= 15 is 0 Å². The van der Waals surface area contributed by atoms with Gasteiger partial charge in [0.05, 0.1) is 18.5 Å². The molecule has 2 aromatic carbocycles. The summed E-state index contributed by atoms with van der Waals surface area (Å²) in [7, 11) is 1.63. The molecule has 0 aliphatic rings. The molecule has 1 heterocycles. The normalized spacial score (nSPS) is 10.5. The smallest absolute Gasteiger partial charge is 0.277 e. The third kappa shape index (κ3) is 3.61. The van der Waals surface area contributed by atoms with Crippen molar-refractivity contribution in [2.45, 2.75) is 6.61 Å². The van der Waals surface area contributed by atoms with Gasteiger partial charge >= 0.3 is 0 Å². The summed E-state index contributed by atoms with van der Waals surface area (Å²) in [5, 5.41) is 11.1. The lowest BCUT2D eigenvalue weighted by atomic mass is 10.2. The molecule has 0 spiro atoms. The Morgan fingerprint density at radius 3 is 2.78 bits per heavy atom. The van der Waals surface area contributed by atoms with E-state index in [-0.39, 0.29) is 11.6 Å². The monoisotopic (exact) mass is 308 g/mol. The van der Waals surface area contributed by atoms with E-state index in [4.69, 9.17) is 4.74 Å². The molecule has 1 N–H and O–H groups in total. The highest BCUT2D eigenvalue weighted by molar-refractivity contribution is 6.02. The van der Waals surface area contributed by atoms with Crippen LogP contribution in [0.15, 0.2) is 60.8 Å². The lowest BCUT2D eigenvalue weighted by Gasteiger charge is -2.05. The molecule has 0 atom stereocenters. The fourth-order valence-corrected chi connectivity index (χ4v) is 2.15. The van der Waals surface area contributed by atoms with Crippen molar-refractivity contribution in [1.82, 2.24) is 15.0 Å². The summed E-state index contributed by atoms with van der Waals surface area (Å²) in [4.78, 5) is 13.7. The molecule has 0 bridgehead atoms. The lowest BCUT2D eigenvalue weighted by molar-refractivity contribution is 0.102. The van der Waals surface area contributed by atoms with Crippen molar-refractivity contribution in [3.63, 3.8) is 0 Å². The summed E-state index contributed by atoms with van der Waals surface area (Å²) in [6.07, 6.45) is 1.45. The molecule has 0 aliphatic heterocycles. The number of carbonyl (C=O) groups excluding carboxylic acids is 1. The first-order valence-corrected chi connectivity index (χ1v) is 7.13. The number of nitrogens with zero attached hydrogens (tertiary/aromatic N) is 3. The third-order valence-corrected chi connectivity index (χ3v) is 3.21. The average Bonchev–Trinajstić information content (AvgIpc) is 3.06. The Balaban J connectivity index is 1.74. The van der Waals surface area contributed by atoms with E-state index in [1.54, 1.807) is 7.11 Å². The van der Waals surface area contributed by atoms with E-state index in [0.29, 0.717) is 12.3 Å². The van der Waals surface area contributed by atoms with Gasteiger partial charge in [0.2, 0.25) is 0 Å². The van der Waals surface area contributed by atoms with Gasteiger partial charge in [-0.15, -0.1) is 5.10 Å². The maximum Gasteiger partial charge on any atom is 0.277 e. The summed E-state index contributed by atoms with van der Waals surface area (Å²) in [5.41, 5.74) is 2.73. The molecule has 0 unspecified atom stereocenters. The lowest BCUT2D eigenvalue weighted by Crippen LogP contribution is -2.13. The minimum absolute atomic E-state index is 0.256. The first kappa shape index (κ1) is 14.9. The fraction of sp³-hybridized carbons (Fsp3) is 0.118. The van der Waals surface area contributed by atoms with Crippen molar-refractivity contribution >= 4 is 11.6 Å². The molecule has 3 aromatic rings. The Morgan fingerprint density at radius 1 is 1.17 bits per heavy atom. The summed E-state index contributed by atoms with van der Waals surface area (Å²) in [6.45, 7) is 0.494. The standard InChI is InChI=1S/C17H16N4O2/c1-23-12-13-6-5-7-14(10-13)19-17(22)16-11-18-21(20-16)15-8-3-2-4-9-15/h2-11H,12H2,1H3,(H,19,22). The number of hydrogen-bond acceptors (Lipinski definition) is 4. The summed E-state index contributed by atoms with van der Waals surface area (Å²) < 4.78 is 5.09. The van der Waals surface area contributed by atoms with Crippen molar-refractivity contribution in [1.29, 1.82) is 0 Å². The van der Waals surface area contributed by atoms with E-state index in [2.05, 4.69) is 15.5 Å². The number of nitrogens with one attached hydrogen (secondary N) is 1. The largest absolute Gasteiger partial charge is 0.380 e. The maximum atomic E-state index is 12.3. The Labute approximate surface area is 133 Å². The highest BCUT2D eigenvalue weighted by Crippen LogP contribution is 2.13. The van der Waals surface area contributed by atoms with Gasteiger partial charge in [0.15, 0.2) is 5.69 Å². The Kier molecular flexibility index (Phi) is 4.44. The molecule has 0 fully saturated rings. The molecular formula is C17H16N4O2. The van der Waals surface area contributed by atoms with Crippen LogP contribution in [0.5, 0.6) is 0 Å². The van der Waals surface area contributed by atoms with Gasteiger partial charge in [-0.05, 0) is 29.8 Å². The quantitative estimate of drug-likeness (QED) is 0.787. The van der Waals surface area contributed by atoms with E-state index < -0.39 is 0 Å². The number of rotatable bonds is 5. The highest BCUT2D eigenvalue weighted by Gasteiger charge is 2.12. The molecule has 0 aliphatic carbocycles. The molecule has 0 saturated carbocycles. The van der Waals surface area contributed by atoms with Gasteiger partial charge in [0, 0.05) is 12.8 Å². The van der Waals surface area contributed by atoms with E-state index in [0.717, 1.165) is 11.3 Å². The second-order valence-corrected chi connectivity index (χ2v) is 4.94. The van der Waals surface area contributed by atoms with Gasteiger partial charge < -0.3 is 10.1 Å². The van der Waals surface area contributed by atoms with Crippen molar-refractivity contribution in [2.75, 3.05) is 12.4 Å². The minimum Gasteiger partial charge on any atom is -0.380 e. The second kappa shape index (κ2) is 6.85. The zero-order chi connectivity index (χ0) is 16.1. The summed E-state index contributed by atoms with van der Waals surface area (Å²) in [5.74, 6) is -0.304. The first-order valence-electron chi connectivity index (χ1n) is 7.13. The van der Waals surface area contributed by atoms with Crippen LogP contribution >= 0.6 is 0 Å². The number of methoxy groups -OCH3 is 1. The maximum absolute atomic E-state index is 12.3. The molecule has 6 heteroatoms. The fourth-order valence-electron chi connectivity index (χ4n) is 2.15. The minimum atomic E-state index is -0.304. The number of para-hydroxylation sites is 1. The molecular weight excluding hydrogens is 292 g/mol. The van der Waals surface area contributed by atoms with Gasteiger partial charge in [0.25, 0.3) is 5.91 Å². The van der Waals surface area contributed by atoms with Crippen LogP contribution < -0.4 is 5.32 Å². The van der Waals surface area contributed by atoms with Crippen LogP contribution in [-0.2, 0) is 11.3 Å². The molecule has 0 saturated heterocycles. The topological polar surface area (TPSA) is 69.0 Å². The number of aromatic nitrogens is 3. The van der Waals surface area contributed by atoms with Crippen molar-refractivity contribution in [3.8, 4) is 5.69 Å². The Hall–Kier alpha value is -2.99. The second-order valence-electron chi connectivity index (χ2n) is 4.94. The Morgan fingerprint density at radius 2 is 2.00 bits per heavy atom. The van der Waals surface area contributed by atoms with E-state index in [9.17, 15) is 4.79 Å². The molecule has 116 valence electrons. The van der Waals surface area contributed by atoms with E-state index in [1.165, 1.54) is 11.0 Å². The number of hydrogen-bond donors (Lipinski definition) is 1. The van der Waals surface area contributed by atoms with Gasteiger partial charge in [0.1, 0.15) is 0 Å². The number of carbonyl (C=O) groups is 1. The average molecular weight is 308 g/mol. The molecule has 23 heavy (non-hydrogen) atoms. The van der Waals surface area contributed by atoms with Crippen LogP contribution in [-0.4, -0.2) is 28.0 Å². The summed E-state index contributed by atoms with van der Waals surface area (Å²) in [6, 6.07) is 16.9. The van der Waals surface area contributed by atoms with Crippen molar-refractivity contribution in [3.05, 3.63) is 72.1 Å². The molecule has 0 radical (unpaired) electrons. The van der Waals surface area contributed by atoms with Gasteiger partial charge in [-0.3, -0.25) is 4.79 Å². The summed E-state index contributed by atoms with van der Waals surface area (Å²) >= 11 is 0. The third-order valence-electron chi connectivity index (χ3n) is 3.21. The molecule has 1 aromatic heterocycles. The highest BCUT2D eigenvalue weighted by atomic mass is 16.5. The zero-order valence-electron chi connectivity index (χ0n) is 12.6. The first-order chi connectivity index (χ1) is 11.3. The number of anilines is 1. The molecule has 1 amide bonds. The van der Waals surface area contributed by atoms with Crippen LogP contribution in [0.3, 0.4) is 0 Å². The van der Waals surface area contributed by atoms with Crippen LogP contribution in [0, 0.1) is 0 Å². The zero-order valence-corrected chi connectivity index (χ0v) is 12.6. The van der Waals surface area contributed by atoms with Gasteiger partial charge in [-0.1, -0.05) is 30.3 Å². The number of ether oxygens (including phenoxy) is 1. The molecule has 6 nitrogen and oxygen atoms in total. The number of amides is 1. The van der Waals surface area contributed by atoms with Crippen molar-refractivity contribution < 1.29 is 9.53 Å². The van der Waals surface area contributed by atoms with Gasteiger partial charge in [-0.2, -0.15) is 9.90 Å². The van der Waals surface area contributed by atoms with Crippen LogP contribution in [0.4, 0.5) is 5.69 Å². The van der Waals surface area contributed by atoms with Crippen LogP contribution in [0.1, 0.15) is 16.1 Å². The molecule has 3 rings (SSSR count). The number of benzene rings is 2. The van der Waals surface area contributed by atoms with Crippen molar-refractivity contribution in [2.24, 2.45) is 0 Å². The predicted molar refractivity (Wildman–Crippen MR) is 86.5 cm³/mol.